The zero-order valence-corrected chi connectivity index (χ0v) is 14.6. The number of carbonyl (C=O) groups is 1. The van der Waals surface area contributed by atoms with Crippen molar-refractivity contribution in [3.8, 4) is 0 Å². The van der Waals surface area contributed by atoms with Gasteiger partial charge in [0.1, 0.15) is 6.04 Å². The molecule has 2 aromatic rings. The summed E-state index contributed by atoms with van der Waals surface area (Å²) in [4.78, 5) is 15.1. The molecule has 0 aliphatic rings. The predicted molar refractivity (Wildman–Crippen MR) is 96.9 cm³/mol. The molecule has 2 aromatic carbocycles. The highest BCUT2D eigenvalue weighted by atomic mass is 35.5. The fourth-order valence-electron chi connectivity index (χ4n) is 2.72. The van der Waals surface area contributed by atoms with Crippen molar-refractivity contribution in [2.24, 2.45) is 0 Å². The molecule has 0 aliphatic heterocycles. The number of hydrogen-bond acceptors (Lipinski definition) is 2. The Labute approximate surface area is 143 Å². The monoisotopic (exact) mass is 330 g/mol. The molecular formula is C19H23ClN2O. The van der Waals surface area contributed by atoms with E-state index in [-0.39, 0.29) is 11.9 Å². The molecule has 2 rings (SSSR count). The van der Waals surface area contributed by atoms with Crippen molar-refractivity contribution in [3.05, 3.63) is 64.7 Å². The molecule has 122 valence electrons. The largest absolute Gasteiger partial charge is 0.324 e. The predicted octanol–water partition coefficient (Wildman–Crippen LogP) is 4.67. The van der Waals surface area contributed by atoms with Crippen molar-refractivity contribution < 1.29 is 4.79 Å². The lowest BCUT2D eigenvalue weighted by molar-refractivity contribution is -0.121. The second kappa shape index (κ2) is 8.14. The molecule has 1 atom stereocenters. The maximum atomic E-state index is 12.9. The number of amides is 1. The van der Waals surface area contributed by atoms with E-state index in [1.54, 1.807) is 6.07 Å². The topological polar surface area (TPSA) is 32.3 Å². The van der Waals surface area contributed by atoms with E-state index >= 15 is 0 Å². The minimum Gasteiger partial charge on any atom is -0.324 e. The van der Waals surface area contributed by atoms with Gasteiger partial charge < -0.3 is 5.32 Å². The van der Waals surface area contributed by atoms with Crippen molar-refractivity contribution in [1.82, 2.24) is 4.90 Å². The molecule has 0 saturated carbocycles. The Morgan fingerprint density at radius 2 is 1.78 bits per heavy atom. The Morgan fingerprint density at radius 3 is 2.35 bits per heavy atom. The molecule has 4 heteroatoms. The number of carbonyl (C=O) groups excluding carboxylic acids is 1. The van der Waals surface area contributed by atoms with E-state index in [1.165, 1.54) is 0 Å². The first-order valence-corrected chi connectivity index (χ1v) is 8.30. The highest BCUT2D eigenvalue weighted by Gasteiger charge is 2.26. The van der Waals surface area contributed by atoms with Crippen LogP contribution in [0.15, 0.2) is 48.5 Å². The van der Waals surface area contributed by atoms with Gasteiger partial charge in [-0.1, -0.05) is 55.8 Å². The van der Waals surface area contributed by atoms with Crippen LogP contribution in [0.25, 0.3) is 0 Å². The molecule has 1 unspecified atom stereocenters. The number of aryl methyl sites for hydroxylation is 1. The minimum atomic E-state index is -0.304. The van der Waals surface area contributed by atoms with Crippen LogP contribution >= 0.6 is 11.6 Å². The van der Waals surface area contributed by atoms with Gasteiger partial charge in [0.05, 0.1) is 0 Å². The lowest BCUT2D eigenvalue weighted by atomic mass is 10.0. The van der Waals surface area contributed by atoms with Gasteiger partial charge in [0.15, 0.2) is 0 Å². The van der Waals surface area contributed by atoms with Crippen LogP contribution < -0.4 is 5.32 Å². The van der Waals surface area contributed by atoms with Crippen LogP contribution in [0.4, 0.5) is 5.69 Å². The van der Waals surface area contributed by atoms with Crippen LogP contribution in [-0.4, -0.2) is 23.9 Å². The van der Waals surface area contributed by atoms with E-state index < -0.39 is 0 Å². The van der Waals surface area contributed by atoms with E-state index in [1.807, 2.05) is 49.4 Å². The standard InChI is InChI=1S/C19H23ClN2O/c1-4-22(5-2)18(15-9-7-6-8-10-15)19(23)21-17-12-11-16(20)13-14(17)3/h6-13,18H,4-5H2,1-3H3,(H,21,23). The average Bonchev–Trinajstić information content (AvgIpc) is 2.55. The number of anilines is 1. The van der Waals surface area contributed by atoms with Crippen LogP contribution in [0.2, 0.25) is 5.02 Å². The fraction of sp³-hybridized carbons (Fsp3) is 0.316. The maximum Gasteiger partial charge on any atom is 0.246 e. The molecular weight excluding hydrogens is 308 g/mol. The minimum absolute atomic E-state index is 0.0228. The second-order valence-electron chi connectivity index (χ2n) is 5.48. The molecule has 0 radical (unpaired) electrons. The lowest BCUT2D eigenvalue weighted by Gasteiger charge is -2.29. The number of halogens is 1. The molecule has 23 heavy (non-hydrogen) atoms. The summed E-state index contributed by atoms with van der Waals surface area (Å²) in [7, 11) is 0. The Bertz CT molecular complexity index is 654. The average molecular weight is 331 g/mol. The molecule has 0 heterocycles. The quantitative estimate of drug-likeness (QED) is 0.834. The van der Waals surface area contributed by atoms with Crippen LogP contribution in [0.5, 0.6) is 0 Å². The summed E-state index contributed by atoms with van der Waals surface area (Å²) in [6.07, 6.45) is 0. The van der Waals surface area contributed by atoms with Gasteiger partial charge in [0, 0.05) is 10.7 Å². The van der Waals surface area contributed by atoms with Gasteiger partial charge in [-0.15, -0.1) is 0 Å². The first kappa shape index (κ1) is 17.5. The smallest absolute Gasteiger partial charge is 0.246 e. The molecule has 0 aromatic heterocycles. The summed E-state index contributed by atoms with van der Waals surface area (Å²) in [6.45, 7) is 7.70. The molecule has 1 N–H and O–H groups in total. The fourth-order valence-corrected chi connectivity index (χ4v) is 2.95. The number of hydrogen-bond donors (Lipinski definition) is 1. The van der Waals surface area contributed by atoms with E-state index in [2.05, 4.69) is 24.1 Å². The van der Waals surface area contributed by atoms with E-state index in [0.29, 0.717) is 5.02 Å². The van der Waals surface area contributed by atoms with Gasteiger partial charge in [-0.3, -0.25) is 9.69 Å². The first-order valence-electron chi connectivity index (χ1n) is 7.92. The van der Waals surface area contributed by atoms with E-state index in [9.17, 15) is 4.79 Å². The highest BCUT2D eigenvalue weighted by molar-refractivity contribution is 6.30. The Balaban J connectivity index is 2.29. The number of benzene rings is 2. The third-order valence-electron chi connectivity index (χ3n) is 3.99. The number of nitrogens with one attached hydrogen (secondary N) is 1. The number of nitrogens with zero attached hydrogens (tertiary/aromatic N) is 1. The molecule has 0 saturated heterocycles. The van der Waals surface area contributed by atoms with Crippen molar-refractivity contribution in [2.45, 2.75) is 26.8 Å². The van der Waals surface area contributed by atoms with E-state index in [4.69, 9.17) is 11.6 Å². The summed E-state index contributed by atoms with van der Waals surface area (Å²) in [5.74, 6) is -0.0228. The lowest BCUT2D eigenvalue weighted by Crippen LogP contribution is -2.37. The molecule has 1 amide bonds. The van der Waals surface area contributed by atoms with Crippen molar-refractivity contribution in [3.63, 3.8) is 0 Å². The zero-order valence-electron chi connectivity index (χ0n) is 13.8. The van der Waals surface area contributed by atoms with Gasteiger partial charge >= 0.3 is 0 Å². The number of rotatable bonds is 6. The first-order chi connectivity index (χ1) is 11.1. The summed E-state index contributed by atoms with van der Waals surface area (Å²) < 4.78 is 0. The molecule has 3 nitrogen and oxygen atoms in total. The zero-order chi connectivity index (χ0) is 16.8. The van der Waals surface area contributed by atoms with Gasteiger partial charge in [-0.05, 0) is 49.3 Å². The van der Waals surface area contributed by atoms with Crippen LogP contribution in [-0.2, 0) is 4.79 Å². The second-order valence-corrected chi connectivity index (χ2v) is 5.92. The molecule has 0 spiro atoms. The SMILES string of the molecule is CCN(CC)C(C(=O)Nc1ccc(Cl)cc1C)c1ccccc1. The van der Waals surface area contributed by atoms with Crippen LogP contribution in [0.1, 0.15) is 31.0 Å². The Hall–Kier alpha value is -1.84. The van der Waals surface area contributed by atoms with Crippen molar-refractivity contribution in [1.29, 1.82) is 0 Å². The Morgan fingerprint density at radius 1 is 1.13 bits per heavy atom. The summed E-state index contributed by atoms with van der Waals surface area (Å²) in [5, 5.41) is 3.72. The summed E-state index contributed by atoms with van der Waals surface area (Å²) in [6, 6.07) is 15.1. The van der Waals surface area contributed by atoms with Crippen LogP contribution in [0, 0.1) is 6.92 Å². The van der Waals surface area contributed by atoms with Gasteiger partial charge in [-0.2, -0.15) is 0 Å². The molecule has 0 bridgehead atoms. The third kappa shape index (κ3) is 4.34. The Kier molecular flexibility index (Phi) is 6.20. The van der Waals surface area contributed by atoms with Crippen LogP contribution in [0.3, 0.4) is 0 Å². The summed E-state index contributed by atoms with van der Waals surface area (Å²) >= 11 is 5.99. The number of likely N-dealkylation sites (N-methyl/N-ethyl adjacent to an activating group) is 1. The molecule has 0 fully saturated rings. The van der Waals surface area contributed by atoms with E-state index in [0.717, 1.165) is 29.9 Å². The van der Waals surface area contributed by atoms with Gasteiger partial charge in [-0.25, -0.2) is 0 Å². The normalized spacial score (nSPS) is 12.2. The van der Waals surface area contributed by atoms with Gasteiger partial charge in [0.2, 0.25) is 5.91 Å². The third-order valence-corrected chi connectivity index (χ3v) is 4.22. The van der Waals surface area contributed by atoms with Crippen molar-refractivity contribution >= 4 is 23.2 Å². The van der Waals surface area contributed by atoms with Crippen molar-refractivity contribution in [2.75, 3.05) is 18.4 Å². The van der Waals surface area contributed by atoms with Gasteiger partial charge in [0.25, 0.3) is 0 Å². The highest BCUT2D eigenvalue weighted by Crippen LogP contribution is 2.25. The maximum absolute atomic E-state index is 12.9. The molecule has 0 aliphatic carbocycles. The summed E-state index contributed by atoms with van der Waals surface area (Å²) in [5.41, 5.74) is 2.75.